The minimum atomic E-state index is -2.64. The molecule has 1 aliphatic carbocycles. The van der Waals surface area contributed by atoms with E-state index in [4.69, 9.17) is 0 Å². The summed E-state index contributed by atoms with van der Waals surface area (Å²) in [7, 11) is 0. The van der Waals surface area contributed by atoms with Crippen molar-refractivity contribution in [2.24, 2.45) is 5.41 Å². The summed E-state index contributed by atoms with van der Waals surface area (Å²) < 4.78 is 41.0. The van der Waals surface area contributed by atoms with Crippen LogP contribution in [0.4, 0.5) is 24.5 Å². The predicted octanol–water partition coefficient (Wildman–Crippen LogP) is 6.58. The average molecular weight is 445 g/mol. The van der Waals surface area contributed by atoms with Crippen LogP contribution in [0.25, 0.3) is 0 Å². The van der Waals surface area contributed by atoms with Crippen molar-refractivity contribution in [3.05, 3.63) is 58.4 Å². The zero-order chi connectivity index (χ0) is 23.3. The van der Waals surface area contributed by atoms with Crippen LogP contribution in [0.3, 0.4) is 0 Å². The van der Waals surface area contributed by atoms with E-state index in [2.05, 4.69) is 10.2 Å². The Morgan fingerprint density at radius 3 is 2.53 bits per heavy atom. The summed E-state index contributed by atoms with van der Waals surface area (Å²) in [6.45, 7) is 9.28. The molecular weight excluding hydrogens is 413 g/mol. The second-order valence-electron chi connectivity index (χ2n) is 10.6. The topological polar surface area (TPSA) is 32.3 Å². The van der Waals surface area contributed by atoms with Gasteiger partial charge >= 0.3 is 0 Å². The van der Waals surface area contributed by atoms with Crippen molar-refractivity contribution >= 4 is 17.3 Å². The lowest BCUT2D eigenvalue weighted by Crippen LogP contribution is -2.35. The third-order valence-electron chi connectivity index (χ3n) is 6.38. The van der Waals surface area contributed by atoms with E-state index >= 15 is 0 Å². The highest BCUT2D eigenvalue weighted by Crippen LogP contribution is 2.51. The molecule has 2 aromatic rings. The smallest absolute Gasteiger partial charge is 0.249 e. The molecule has 1 saturated carbocycles. The van der Waals surface area contributed by atoms with Crippen LogP contribution in [0.1, 0.15) is 68.2 Å². The van der Waals surface area contributed by atoms with Crippen LogP contribution in [0.5, 0.6) is 0 Å². The lowest BCUT2D eigenvalue weighted by molar-refractivity contribution is -0.117. The van der Waals surface area contributed by atoms with Gasteiger partial charge in [-0.15, -0.1) is 0 Å². The van der Waals surface area contributed by atoms with Crippen molar-refractivity contribution in [1.29, 1.82) is 0 Å². The van der Waals surface area contributed by atoms with Gasteiger partial charge in [-0.2, -0.15) is 0 Å². The first-order valence-corrected chi connectivity index (χ1v) is 11.2. The number of fused-ring (bicyclic) bond motifs is 1. The Labute approximate surface area is 188 Å². The number of hydrogen-bond acceptors (Lipinski definition) is 2. The summed E-state index contributed by atoms with van der Waals surface area (Å²) in [4.78, 5) is 14.8. The highest BCUT2D eigenvalue weighted by molar-refractivity contribution is 5.93. The molecule has 0 saturated heterocycles. The lowest BCUT2D eigenvalue weighted by Gasteiger charge is -2.38. The van der Waals surface area contributed by atoms with Crippen molar-refractivity contribution in [3.63, 3.8) is 0 Å². The van der Waals surface area contributed by atoms with Crippen molar-refractivity contribution in [1.82, 2.24) is 0 Å². The van der Waals surface area contributed by atoms with Gasteiger partial charge in [0.1, 0.15) is 5.82 Å². The zero-order valence-electron chi connectivity index (χ0n) is 19.2. The molecule has 1 N–H and O–H groups in total. The van der Waals surface area contributed by atoms with Crippen LogP contribution in [0.15, 0.2) is 30.3 Å². The minimum absolute atomic E-state index is 0.102. The third kappa shape index (κ3) is 4.94. The molecule has 6 heteroatoms. The molecule has 0 spiro atoms. The molecular formula is C26H31F3N2O. The second-order valence-corrected chi connectivity index (χ2v) is 10.6. The third-order valence-corrected chi connectivity index (χ3v) is 6.38. The number of carbonyl (C=O) groups is 1. The summed E-state index contributed by atoms with van der Waals surface area (Å²) in [5.41, 5.74) is 5.22. The first-order chi connectivity index (χ1) is 14.9. The fourth-order valence-corrected chi connectivity index (χ4v) is 4.76. The summed E-state index contributed by atoms with van der Waals surface area (Å²) in [6, 6.07) is 8.87. The summed E-state index contributed by atoms with van der Waals surface area (Å²) >= 11 is 0. The molecule has 1 heterocycles. The van der Waals surface area contributed by atoms with Gasteiger partial charge in [0.15, 0.2) is 0 Å². The van der Waals surface area contributed by atoms with Crippen molar-refractivity contribution in [3.8, 4) is 0 Å². The van der Waals surface area contributed by atoms with Crippen molar-refractivity contribution in [2.75, 3.05) is 16.8 Å². The normalized spacial score (nSPS) is 18.2. The van der Waals surface area contributed by atoms with Crippen LogP contribution in [-0.2, 0) is 17.8 Å². The first kappa shape index (κ1) is 22.7. The number of anilines is 2. The highest BCUT2D eigenvalue weighted by Gasteiger charge is 2.47. The van der Waals surface area contributed by atoms with E-state index in [-0.39, 0.29) is 35.9 Å². The number of nitrogens with one attached hydrogen (secondary N) is 1. The Balaban J connectivity index is 1.64. The van der Waals surface area contributed by atoms with E-state index in [9.17, 15) is 18.0 Å². The van der Waals surface area contributed by atoms with E-state index in [0.717, 1.165) is 40.9 Å². The number of aryl methyl sites for hydroxylation is 1. The van der Waals surface area contributed by atoms with Gasteiger partial charge in [0.05, 0.1) is 0 Å². The SMILES string of the molecule is Cc1cc(N2CCc3cc(F)ccc3C2)cc(C2CC(F)(F)C2)c1NC(=O)CC(C)(C)C. The van der Waals surface area contributed by atoms with Gasteiger partial charge in [0, 0.05) is 43.7 Å². The van der Waals surface area contributed by atoms with E-state index in [1.165, 1.54) is 6.07 Å². The Morgan fingerprint density at radius 1 is 1.16 bits per heavy atom. The molecule has 0 atom stereocenters. The second kappa shape index (κ2) is 8.13. The fraction of sp³-hybridized carbons (Fsp3) is 0.500. The quantitative estimate of drug-likeness (QED) is 0.577. The maximum Gasteiger partial charge on any atom is 0.249 e. The minimum Gasteiger partial charge on any atom is -0.367 e. The Kier molecular flexibility index (Phi) is 5.76. The number of alkyl halides is 2. The zero-order valence-corrected chi connectivity index (χ0v) is 19.2. The number of amides is 1. The molecule has 2 aliphatic rings. The molecule has 2 aromatic carbocycles. The fourth-order valence-electron chi connectivity index (χ4n) is 4.76. The molecule has 1 fully saturated rings. The van der Waals surface area contributed by atoms with Crippen LogP contribution < -0.4 is 10.2 Å². The van der Waals surface area contributed by atoms with E-state index in [1.807, 2.05) is 45.9 Å². The van der Waals surface area contributed by atoms with E-state index < -0.39 is 5.92 Å². The van der Waals surface area contributed by atoms with Gasteiger partial charge in [-0.3, -0.25) is 4.79 Å². The Bertz CT molecular complexity index is 1030. The Hall–Kier alpha value is -2.50. The maximum absolute atomic E-state index is 13.7. The van der Waals surface area contributed by atoms with Gasteiger partial charge in [0.2, 0.25) is 11.8 Å². The number of rotatable bonds is 4. The summed E-state index contributed by atoms with van der Waals surface area (Å²) in [6.07, 6.45) is 0.696. The van der Waals surface area contributed by atoms with Crippen molar-refractivity contribution in [2.45, 2.75) is 71.8 Å². The molecule has 1 aliphatic heterocycles. The molecule has 4 rings (SSSR count). The molecule has 0 bridgehead atoms. The van der Waals surface area contributed by atoms with Gasteiger partial charge in [-0.1, -0.05) is 26.8 Å². The number of halogens is 3. The standard InChI is InChI=1S/C26H31F3N2O/c1-16-9-21(31-8-7-17-10-20(27)6-5-18(17)15-31)11-22(19-12-26(28,29)13-19)24(16)30-23(32)14-25(2,3)4/h5-6,9-11,19H,7-8,12-15H2,1-4H3,(H,30,32). The number of carbonyl (C=O) groups excluding carboxylic acids is 1. The Morgan fingerprint density at radius 2 is 1.88 bits per heavy atom. The highest BCUT2D eigenvalue weighted by atomic mass is 19.3. The van der Waals surface area contributed by atoms with Crippen LogP contribution >= 0.6 is 0 Å². The molecule has 0 unspecified atom stereocenters. The number of nitrogens with zero attached hydrogens (tertiary/aromatic N) is 1. The molecule has 0 aromatic heterocycles. The maximum atomic E-state index is 13.7. The van der Waals surface area contributed by atoms with Crippen molar-refractivity contribution < 1.29 is 18.0 Å². The molecule has 172 valence electrons. The molecule has 0 radical (unpaired) electrons. The van der Waals surface area contributed by atoms with Gasteiger partial charge in [-0.05, 0) is 71.2 Å². The number of benzene rings is 2. The summed E-state index contributed by atoms with van der Waals surface area (Å²) in [5, 5.41) is 3.02. The van der Waals surface area contributed by atoms with Gasteiger partial charge in [-0.25, -0.2) is 13.2 Å². The molecule has 1 amide bonds. The van der Waals surface area contributed by atoms with Gasteiger partial charge in [0.25, 0.3) is 0 Å². The number of hydrogen-bond donors (Lipinski definition) is 1. The largest absolute Gasteiger partial charge is 0.367 e. The lowest BCUT2D eigenvalue weighted by atomic mass is 9.75. The summed E-state index contributed by atoms with van der Waals surface area (Å²) in [5.74, 6) is -3.25. The van der Waals surface area contributed by atoms with Crippen LogP contribution in [0, 0.1) is 18.2 Å². The van der Waals surface area contributed by atoms with Crippen LogP contribution in [0.2, 0.25) is 0 Å². The first-order valence-electron chi connectivity index (χ1n) is 11.2. The van der Waals surface area contributed by atoms with Gasteiger partial charge < -0.3 is 10.2 Å². The molecule has 32 heavy (non-hydrogen) atoms. The van der Waals surface area contributed by atoms with E-state index in [0.29, 0.717) is 18.7 Å². The monoisotopic (exact) mass is 444 g/mol. The average Bonchev–Trinajstić information content (AvgIpc) is 2.65. The van der Waals surface area contributed by atoms with Crippen LogP contribution in [-0.4, -0.2) is 18.4 Å². The van der Waals surface area contributed by atoms with E-state index in [1.54, 1.807) is 6.07 Å². The molecule has 3 nitrogen and oxygen atoms in total. The predicted molar refractivity (Wildman–Crippen MR) is 122 cm³/mol.